The third-order valence-electron chi connectivity index (χ3n) is 6.25. The van der Waals surface area contributed by atoms with Gasteiger partial charge in [0.2, 0.25) is 21.8 Å². The first-order valence-electron chi connectivity index (χ1n) is 11.6. The predicted octanol–water partition coefficient (Wildman–Crippen LogP) is 4.24. The number of benzene rings is 2. The van der Waals surface area contributed by atoms with Gasteiger partial charge in [-0.1, -0.05) is 48.2 Å². The van der Waals surface area contributed by atoms with Crippen LogP contribution in [0.25, 0.3) is 0 Å². The number of amides is 2. The average Bonchev–Trinajstić information content (AvgIpc) is 3.35. The van der Waals surface area contributed by atoms with E-state index in [4.69, 9.17) is 27.9 Å². The normalized spacial score (nSPS) is 14.8. The zero-order chi connectivity index (χ0) is 26.5. The number of nitrogens with zero attached hydrogens (tertiary/aromatic N) is 2. The zero-order valence-electron chi connectivity index (χ0n) is 20.5. The number of carbonyl (C=O) groups is 2. The molecule has 2 aromatic carbocycles. The number of nitrogens with one attached hydrogen (secondary N) is 1. The summed E-state index contributed by atoms with van der Waals surface area (Å²) in [6.07, 6.45) is 4.93. The second-order valence-electron chi connectivity index (χ2n) is 8.90. The average molecular weight is 557 g/mol. The van der Waals surface area contributed by atoms with Crippen molar-refractivity contribution in [2.45, 2.75) is 51.2 Å². The van der Waals surface area contributed by atoms with Crippen molar-refractivity contribution in [1.29, 1.82) is 0 Å². The number of ether oxygens (including phenoxy) is 1. The van der Waals surface area contributed by atoms with Crippen molar-refractivity contribution in [3.05, 3.63) is 58.1 Å². The highest BCUT2D eigenvalue weighted by molar-refractivity contribution is 7.92. The first-order chi connectivity index (χ1) is 17.0. The highest BCUT2D eigenvalue weighted by Gasteiger charge is 2.31. The smallest absolute Gasteiger partial charge is 0.244 e. The topological polar surface area (TPSA) is 96.0 Å². The SMILES string of the molecule is COc1ccc(CN(C(=O)CN(c2ccc(Cl)c(Cl)c2)S(C)(=O)=O)C(C)C(=O)NC2CCCC2)cc1. The molecule has 0 aliphatic heterocycles. The Kier molecular flexibility index (Phi) is 9.49. The predicted molar refractivity (Wildman–Crippen MR) is 142 cm³/mol. The number of rotatable bonds is 10. The molecule has 0 aromatic heterocycles. The third-order valence-corrected chi connectivity index (χ3v) is 8.13. The molecule has 11 heteroatoms. The molecule has 1 unspecified atom stereocenters. The summed E-state index contributed by atoms with van der Waals surface area (Å²) >= 11 is 12.1. The van der Waals surface area contributed by atoms with Gasteiger partial charge in [-0.2, -0.15) is 0 Å². The summed E-state index contributed by atoms with van der Waals surface area (Å²) in [5.74, 6) is -0.146. The van der Waals surface area contributed by atoms with Crippen molar-refractivity contribution in [1.82, 2.24) is 10.2 Å². The Morgan fingerprint density at radius 3 is 2.28 bits per heavy atom. The molecule has 0 bridgehead atoms. The van der Waals surface area contributed by atoms with Gasteiger partial charge in [0.15, 0.2) is 0 Å². The van der Waals surface area contributed by atoms with Crippen LogP contribution in [-0.4, -0.2) is 57.1 Å². The number of anilines is 1. The van der Waals surface area contributed by atoms with Crippen LogP contribution in [0.5, 0.6) is 5.75 Å². The van der Waals surface area contributed by atoms with Crippen molar-refractivity contribution in [3.63, 3.8) is 0 Å². The van der Waals surface area contributed by atoms with Gasteiger partial charge in [0.1, 0.15) is 18.3 Å². The monoisotopic (exact) mass is 555 g/mol. The van der Waals surface area contributed by atoms with E-state index in [2.05, 4.69) is 5.32 Å². The number of halogens is 2. The fourth-order valence-electron chi connectivity index (χ4n) is 4.16. The van der Waals surface area contributed by atoms with Gasteiger partial charge in [-0.15, -0.1) is 0 Å². The lowest BCUT2D eigenvalue weighted by molar-refractivity contribution is -0.139. The van der Waals surface area contributed by atoms with E-state index in [1.807, 2.05) is 0 Å². The Balaban J connectivity index is 1.88. The minimum absolute atomic E-state index is 0.0848. The van der Waals surface area contributed by atoms with Crippen LogP contribution in [0.3, 0.4) is 0 Å². The lowest BCUT2D eigenvalue weighted by Gasteiger charge is -2.32. The van der Waals surface area contributed by atoms with Crippen LogP contribution < -0.4 is 14.4 Å². The standard InChI is InChI=1S/C25H31Cl2N3O5S/c1-17(25(32)28-19-6-4-5-7-19)29(15-18-8-11-21(35-2)12-9-18)24(31)16-30(36(3,33)34)20-10-13-22(26)23(27)14-20/h8-14,17,19H,4-7,15-16H2,1-3H3,(H,28,32). The molecular formula is C25H31Cl2N3O5S. The number of methoxy groups -OCH3 is 1. The van der Waals surface area contributed by atoms with Crippen LogP contribution in [0.1, 0.15) is 38.2 Å². The molecule has 2 amide bonds. The minimum atomic E-state index is -3.86. The fourth-order valence-corrected chi connectivity index (χ4v) is 5.29. The summed E-state index contributed by atoms with van der Waals surface area (Å²) in [5, 5.41) is 3.45. The lowest BCUT2D eigenvalue weighted by Crippen LogP contribution is -2.52. The number of carbonyl (C=O) groups excluding carboxylic acids is 2. The quantitative estimate of drug-likeness (QED) is 0.472. The van der Waals surface area contributed by atoms with Gasteiger partial charge in [-0.25, -0.2) is 8.42 Å². The second-order valence-corrected chi connectivity index (χ2v) is 11.6. The van der Waals surface area contributed by atoms with Crippen LogP contribution in [0, 0.1) is 0 Å². The van der Waals surface area contributed by atoms with E-state index in [1.54, 1.807) is 38.3 Å². The molecule has 8 nitrogen and oxygen atoms in total. The highest BCUT2D eigenvalue weighted by Crippen LogP contribution is 2.29. The van der Waals surface area contributed by atoms with Crippen LogP contribution in [0.2, 0.25) is 10.0 Å². The van der Waals surface area contributed by atoms with Gasteiger partial charge in [0.05, 0.1) is 29.1 Å². The molecule has 3 rings (SSSR count). The molecule has 36 heavy (non-hydrogen) atoms. The van der Waals surface area contributed by atoms with Gasteiger partial charge < -0.3 is 15.0 Å². The van der Waals surface area contributed by atoms with Crippen molar-refractivity contribution in [2.24, 2.45) is 0 Å². The van der Waals surface area contributed by atoms with Crippen LogP contribution in [0.15, 0.2) is 42.5 Å². The summed E-state index contributed by atoms with van der Waals surface area (Å²) in [5.41, 5.74) is 0.970. The van der Waals surface area contributed by atoms with Gasteiger partial charge in [-0.05, 0) is 55.7 Å². The number of sulfonamides is 1. The minimum Gasteiger partial charge on any atom is -0.497 e. The third kappa shape index (κ3) is 7.27. The first kappa shape index (κ1) is 28.1. The van der Waals surface area contributed by atoms with E-state index < -0.39 is 28.5 Å². The van der Waals surface area contributed by atoms with Crippen molar-refractivity contribution < 1.29 is 22.7 Å². The molecule has 1 aliphatic rings. The van der Waals surface area contributed by atoms with Crippen LogP contribution in [-0.2, 0) is 26.2 Å². The van der Waals surface area contributed by atoms with E-state index in [9.17, 15) is 18.0 Å². The highest BCUT2D eigenvalue weighted by atomic mass is 35.5. The van der Waals surface area contributed by atoms with Gasteiger partial charge in [0.25, 0.3) is 0 Å². The molecule has 0 radical (unpaired) electrons. The molecule has 0 saturated heterocycles. The maximum absolute atomic E-state index is 13.6. The lowest BCUT2D eigenvalue weighted by atomic mass is 10.1. The molecular weight excluding hydrogens is 525 g/mol. The summed E-state index contributed by atoms with van der Waals surface area (Å²) < 4.78 is 31.4. The van der Waals surface area contributed by atoms with E-state index in [0.717, 1.165) is 41.8 Å². The van der Waals surface area contributed by atoms with E-state index in [1.165, 1.54) is 23.1 Å². The van der Waals surface area contributed by atoms with Crippen molar-refractivity contribution >= 4 is 50.7 Å². The summed E-state index contributed by atoms with van der Waals surface area (Å²) in [7, 11) is -2.30. The molecule has 0 heterocycles. The maximum Gasteiger partial charge on any atom is 0.244 e. The van der Waals surface area contributed by atoms with Gasteiger partial charge >= 0.3 is 0 Å². The Morgan fingerprint density at radius 1 is 1.08 bits per heavy atom. The maximum atomic E-state index is 13.6. The Morgan fingerprint density at radius 2 is 1.72 bits per heavy atom. The van der Waals surface area contributed by atoms with Crippen molar-refractivity contribution in [3.8, 4) is 5.75 Å². The molecule has 0 spiro atoms. The van der Waals surface area contributed by atoms with Gasteiger partial charge in [0, 0.05) is 12.6 Å². The zero-order valence-corrected chi connectivity index (χ0v) is 22.9. The molecule has 1 fully saturated rings. The van der Waals surface area contributed by atoms with Crippen molar-refractivity contribution in [2.75, 3.05) is 24.2 Å². The Bertz CT molecular complexity index is 1180. The Labute approximate surface area is 222 Å². The fraction of sp³-hybridized carbons (Fsp3) is 0.440. The molecule has 1 atom stereocenters. The van der Waals surface area contributed by atoms with Crippen LogP contribution >= 0.6 is 23.2 Å². The van der Waals surface area contributed by atoms with E-state index >= 15 is 0 Å². The van der Waals surface area contributed by atoms with E-state index in [0.29, 0.717) is 5.75 Å². The number of hydrogen-bond donors (Lipinski definition) is 1. The summed E-state index contributed by atoms with van der Waals surface area (Å²) in [6.45, 7) is 1.25. The van der Waals surface area contributed by atoms with Gasteiger partial charge in [-0.3, -0.25) is 13.9 Å². The molecule has 196 valence electrons. The first-order valence-corrected chi connectivity index (χ1v) is 14.3. The Hall–Kier alpha value is -2.49. The molecule has 1 saturated carbocycles. The largest absolute Gasteiger partial charge is 0.497 e. The summed E-state index contributed by atoms with van der Waals surface area (Å²) in [4.78, 5) is 28.1. The van der Waals surface area contributed by atoms with Crippen LogP contribution in [0.4, 0.5) is 5.69 Å². The molecule has 2 aromatic rings. The summed E-state index contributed by atoms with van der Waals surface area (Å²) in [6, 6.07) is 10.7. The van der Waals surface area contributed by atoms with E-state index in [-0.39, 0.29) is 34.2 Å². The number of hydrogen-bond acceptors (Lipinski definition) is 5. The molecule has 1 N–H and O–H groups in total. The second kappa shape index (κ2) is 12.2. The molecule has 1 aliphatic carbocycles.